The molecule has 1 fully saturated rings. The first-order chi connectivity index (χ1) is 16.4. The number of carbonyl (C=O) groups is 2. The van der Waals surface area contributed by atoms with E-state index in [-0.39, 0.29) is 11.4 Å². The Labute approximate surface area is 196 Å². The molecule has 1 saturated carbocycles. The van der Waals surface area contributed by atoms with E-state index in [1.54, 1.807) is 31.2 Å². The van der Waals surface area contributed by atoms with Gasteiger partial charge in [0.2, 0.25) is 5.88 Å². The lowest BCUT2D eigenvalue weighted by Gasteiger charge is -2.14. The minimum Gasteiger partial charge on any atom is -0.480 e. The summed E-state index contributed by atoms with van der Waals surface area (Å²) in [4.78, 5) is 23.8. The Morgan fingerprint density at radius 2 is 1.88 bits per heavy atom. The minimum absolute atomic E-state index is 0.000897. The van der Waals surface area contributed by atoms with Gasteiger partial charge in [0, 0.05) is 6.54 Å². The Bertz CT molecular complexity index is 1130. The molecule has 1 aromatic heterocycles. The standard InChI is InChI=1S/C25H26FN3O5/c1-15(18-5-3-2-4-6-18)33-25(32)28-23-21(22(26)29-34-23)19-11-9-17(10-12-19)14-27-20(24(30)31)13-16-7-8-16/h2-6,9-12,15-16,20,27H,7-8,13-14H2,1H3,(H,28,32)(H,30,31). The van der Waals surface area contributed by atoms with Gasteiger partial charge in [-0.1, -0.05) is 67.4 Å². The van der Waals surface area contributed by atoms with Crippen LogP contribution in [0.2, 0.25) is 0 Å². The summed E-state index contributed by atoms with van der Waals surface area (Å²) >= 11 is 0. The Morgan fingerprint density at radius 3 is 2.53 bits per heavy atom. The highest BCUT2D eigenvalue weighted by Gasteiger charge is 2.29. The molecule has 0 saturated heterocycles. The topological polar surface area (TPSA) is 114 Å². The monoisotopic (exact) mass is 467 g/mol. The van der Waals surface area contributed by atoms with Gasteiger partial charge in [0.25, 0.3) is 5.95 Å². The van der Waals surface area contributed by atoms with Gasteiger partial charge in [-0.15, -0.1) is 0 Å². The second-order valence-electron chi connectivity index (χ2n) is 8.41. The van der Waals surface area contributed by atoms with E-state index in [4.69, 9.17) is 9.26 Å². The van der Waals surface area contributed by atoms with Crippen LogP contribution < -0.4 is 10.6 Å². The number of carboxylic acids is 1. The van der Waals surface area contributed by atoms with E-state index < -0.39 is 30.2 Å². The fourth-order valence-corrected chi connectivity index (χ4v) is 3.67. The van der Waals surface area contributed by atoms with Gasteiger partial charge in [-0.3, -0.25) is 10.1 Å². The molecule has 4 rings (SSSR count). The number of nitrogens with zero attached hydrogens (tertiary/aromatic N) is 1. The van der Waals surface area contributed by atoms with Gasteiger partial charge in [-0.2, -0.15) is 4.39 Å². The van der Waals surface area contributed by atoms with Crippen LogP contribution in [0.1, 0.15) is 43.4 Å². The molecule has 1 amide bonds. The lowest BCUT2D eigenvalue weighted by atomic mass is 10.1. The largest absolute Gasteiger partial charge is 0.480 e. The number of aromatic nitrogens is 1. The molecule has 2 atom stereocenters. The quantitative estimate of drug-likeness (QED) is 0.379. The fraction of sp³-hybridized carbons (Fsp3) is 0.320. The van der Waals surface area contributed by atoms with E-state index in [0.29, 0.717) is 24.4 Å². The van der Waals surface area contributed by atoms with Crippen LogP contribution in [0, 0.1) is 11.9 Å². The zero-order valence-corrected chi connectivity index (χ0v) is 18.7. The number of anilines is 1. The predicted octanol–water partition coefficient (Wildman–Crippen LogP) is 5.13. The van der Waals surface area contributed by atoms with Crippen molar-refractivity contribution in [1.82, 2.24) is 10.5 Å². The molecule has 3 N–H and O–H groups in total. The van der Waals surface area contributed by atoms with Crippen molar-refractivity contribution in [3.05, 3.63) is 71.7 Å². The van der Waals surface area contributed by atoms with E-state index >= 15 is 0 Å². The number of rotatable bonds is 10. The first-order valence-electron chi connectivity index (χ1n) is 11.1. The van der Waals surface area contributed by atoms with Gasteiger partial charge in [0.05, 0.1) is 0 Å². The average Bonchev–Trinajstić information content (AvgIpc) is 3.58. The molecular formula is C25H26FN3O5. The molecule has 0 aliphatic heterocycles. The predicted molar refractivity (Wildman–Crippen MR) is 122 cm³/mol. The highest BCUT2D eigenvalue weighted by Crippen LogP contribution is 2.34. The molecule has 0 bridgehead atoms. The summed E-state index contributed by atoms with van der Waals surface area (Å²) in [5.41, 5.74) is 2.10. The number of benzene rings is 2. The summed E-state index contributed by atoms with van der Waals surface area (Å²) in [6.07, 6.45) is 1.47. The van der Waals surface area contributed by atoms with Crippen molar-refractivity contribution in [3.8, 4) is 11.1 Å². The third kappa shape index (κ3) is 5.99. The van der Waals surface area contributed by atoms with Gasteiger partial charge >= 0.3 is 12.1 Å². The zero-order valence-electron chi connectivity index (χ0n) is 18.7. The number of carboxylic acid groups (broad SMARTS) is 1. The Morgan fingerprint density at radius 1 is 1.18 bits per heavy atom. The van der Waals surface area contributed by atoms with Gasteiger partial charge in [-0.25, -0.2) is 4.79 Å². The van der Waals surface area contributed by atoms with Crippen molar-refractivity contribution in [2.75, 3.05) is 5.32 Å². The number of hydrogen-bond acceptors (Lipinski definition) is 6. The SMILES string of the molecule is CC(OC(=O)Nc1onc(F)c1-c1ccc(CNC(CC2CC2)C(=O)O)cc1)c1ccccc1. The zero-order chi connectivity index (χ0) is 24.1. The fourth-order valence-electron chi connectivity index (χ4n) is 3.67. The van der Waals surface area contributed by atoms with Crippen LogP contribution in [0.4, 0.5) is 15.1 Å². The molecule has 1 aliphatic carbocycles. The molecule has 9 heteroatoms. The van der Waals surface area contributed by atoms with Crippen molar-refractivity contribution < 1.29 is 28.3 Å². The highest BCUT2D eigenvalue weighted by atomic mass is 19.1. The Kier molecular flexibility index (Phi) is 7.22. The number of aliphatic carboxylic acids is 1. The van der Waals surface area contributed by atoms with Crippen molar-refractivity contribution in [2.45, 2.75) is 44.9 Å². The van der Waals surface area contributed by atoms with E-state index in [9.17, 15) is 19.1 Å². The lowest BCUT2D eigenvalue weighted by Crippen LogP contribution is -2.36. The molecule has 8 nitrogen and oxygen atoms in total. The van der Waals surface area contributed by atoms with E-state index in [2.05, 4.69) is 15.8 Å². The first-order valence-corrected chi connectivity index (χ1v) is 11.1. The van der Waals surface area contributed by atoms with Crippen LogP contribution in [-0.4, -0.2) is 28.4 Å². The molecule has 1 heterocycles. The van der Waals surface area contributed by atoms with E-state index in [1.165, 1.54) is 0 Å². The van der Waals surface area contributed by atoms with Crippen LogP contribution in [0.3, 0.4) is 0 Å². The first kappa shape index (κ1) is 23.4. The summed E-state index contributed by atoms with van der Waals surface area (Å²) in [5, 5.41) is 18.2. The molecule has 1 aliphatic rings. The van der Waals surface area contributed by atoms with Crippen molar-refractivity contribution in [1.29, 1.82) is 0 Å². The summed E-state index contributed by atoms with van der Waals surface area (Å²) in [6.45, 7) is 2.09. The molecule has 34 heavy (non-hydrogen) atoms. The average molecular weight is 467 g/mol. The van der Waals surface area contributed by atoms with Gasteiger partial charge in [-0.05, 0) is 41.1 Å². The van der Waals surface area contributed by atoms with Crippen LogP contribution >= 0.6 is 0 Å². The summed E-state index contributed by atoms with van der Waals surface area (Å²) in [5.74, 6) is -1.41. The van der Waals surface area contributed by atoms with Gasteiger partial charge < -0.3 is 19.7 Å². The molecule has 2 aromatic carbocycles. The maximum Gasteiger partial charge on any atom is 0.414 e. The van der Waals surface area contributed by atoms with Crippen molar-refractivity contribution in [2.24, 2.45) is 5.92 Å². The van der Waals surface area contributed by atoms with Gasteiger partial charge in [0.1, 0.15) is 17.7 Å². The van der Waals surface area contributed by atoms with Crippen LogP contribution in [0.15, 0.2) is 59.1 Å². The van der Waals surface area contributed by atoms with Gasteiger partial charge in [0.15, 0.2) is 0 Å². The minimum atomic E-state index is -0.868. The van der Waals surface area contributed by atoms with Crippen LogP contribution in [0.25, 0.3) is 11.1 Å². The highest BCUT2D eigenvalue weighted by molar-refractivity contribution is 5.89. The van der Waals surface area contributed by atoms with E-state index in [1.807, 2.05) is 30.3 Å². The third-order valence-corrected chi connectivity index (χ3v) is 5.78. The Balaban J connectivity index is 1.39. The maximum atomic E-state index is 14.4. The molecular weight excluding hydrogens is 441 g/mol. The van der Waals surface area contributed by atoms with Crippen LogP contribution in [-0.2, 0) is 16.1 Å². The van der Waals surface area contributed by atoms with E-state index in [0.717, 1.165) is 24.0 Å². The summed E-state index contributed by atoms with van der Waals surface area (Å²) in [7, 11) is 0. The summed E-state index contributed by atoms with van der Waals surface area (Å²) in [6, 6.07) is 15.4. The Hall–Kier alpha value is -3.72. The molecule has 2 unspecified atom stereocenters. The molecule has 0 radical (unpaired) electrons. The smallest absolute Gasteiger partial charge is 0.414 e. The second kappa shape index (κ2) is 10.5. The molecule has 3 aromatic rings. The number of ether oxygens (including phenoxy) is 1. The number of nitrogens with one attached hydrogen (secondary N) is 2. The van der Waals surface area contributed by atoms with Crippen LogP contribution in [0.5, 0.6) is 0 Å². The molecule has 0 spiro atoms. The number of hydrogen-bond donors (Lipinski definition) is 3. The lowest BCUT2D eigenvalue weighted by molar-refractivity contribution is -0.139. The molecule has 178 valence electrons. The number of amides is 1. The maximum absolute atomic E-state index is 14.4. The second-order valence-corrected chi connectivity index (χ2v) is 8.41. The third-order valence-electron chi connectivity index (χ3n) is 5.78. The van der Waals surface area contributed by atoms with Crippen molar-refractivity contribution in [3.63, 3.8) is 0 Å². The normalized spacial score (nSPS) is 14.9. The van der Waals surface area contributed by atoms with Crippen molar-refractivity contribution >= 4 is 17.9 Å². The number of halogens is 1. The summed E-state index contributed by atoms with van der Waals surface area (Å²) < 4.78 is 24.7. The number of carbonyl (C=O) groups excluding carboxylic acids is 1.